The Kier molecular flexibility index (Phi) is 8.89. The predicted octanol–water partition coefficient (Wildman–Crippen LogP) is 5.60. The molecule has 0 aliphatic carbocycles. The lowest BCUT2D eigenvalue weighted by Gasteiger charge is -2.48. The zero-order valence-corrected chi connectivity index (χ0v) is 19.3. The first-order chi connectivity index (χ1) is 12.9. The number of ether oxygens (including phenoxy) is 3. The predicted molar refractivity (Wildman–Crippen MR) is 110 cm³/mol. The molecular weight excluding hydrogens is 382 g/mol. The lowest BCUT2D eigenvalue weighted by atomic mass is 9.81. The van der Waals surface area contributed by atoms with Gasteiger partial charge in [0.2, 0.25) is 0 Å². The lowest BCUT2D eigenvalue weighted by Crippen LogP contribution is -2.57. The molecule has 2 rings (SSSR count). The molecule has 2 saturated heterocycles. The van der Waals surface area contributed by atoms with E-state index in [1.807, 2.05) is 6.92 Å². The van der Waals surface area contributed by atoms with Crippen LogP contribution >= 0.6 is 16.3 Å². The molecule has 0 aromatic rings. The summed E-state index contributed by atoms with van der Waals surface area (Å²) in [6, 6.07) is -0.167. The smallest absolute Gasteiger partial charge is 0.181 e. The van der Waals surface area contributed by atoms with E-state index in [0.717, 1.165) is 12.8 Å². The third-order valence-electron chi connectivity index (χ3n) is 6.36. The van der Waals surface area contributed by atoms with Crippen molar-refractivity contribution in [2.75, 3.05) is 0 Å². The van der Waals surface area contributed by atoms with Crippen LogP contribution in [-0.4, -0.2) is 42.8 Å². The van der Waals surface area contributed by atoms with Gasteiger partial charge in [0.25, 0.3) is 0 Å². The number of hydrogen-bond donors (Lipinski definition) is 2. The monoisotopic (exact) mass is 418 g/mol. The van der Waals surface area contributed by atoms with Gasteiger partial charge in [-0.05, 0) is 31.6 Å². The Labute approximate surface area is 165 Å². The van der Waals surface area contributed by atoms with Gasteiger partial charge in [-0.1, -0.05) is 34.6 Å². The molecule has 2 heterocycles. The molecule has 12 atom stereocenters. The quantitative estimate of drug-likeness (QED) is 0.549. The molecule has 7 unspecified atom stereocenters. The zero-order valence-electron chi connectivity index (χ0n) is 17.3. The summed E-state index contributed by atoms with van der Waals surface area (Å²) in [6.07, 6.45) is 1.31. The van der Waals surface area contributed by atoms with Gasteiger partial charge in [-0.3, -0.25) is 15.1 Å². The van der Waals surface area contributed by atoms with Gasteiger partial charge in [0.15, 0.2) is 6.29 Å². The Hall–Kier alpha value is -0.320. The van der Waals surface area contributed by atoms with Crippen molar-refractivity contribution in [1.82, 2.24) is 0 Å². The minimum atomic E-state index is -0.448. The summed E-state index contributed by atoms with van der Waals surface area (Å²) in [4.78, 5) is 0. The Morgan fingerprint density at radius 1 is 0.815 bits per heavy atom. The molecule has 0 spiro atoms. The zero-order chi connectivity index (χ0) is 20.1. The third kappa shape index (κ3) is 5.00. The van der Waals surface area contributed by atoms with Crippen LogP contribution in [0.15, 0.2) is 9.49 Å². The van der Waals surface area contributed by atoms with E-state index in [1.165, 1.54) is 0 Å². The number of hydrogen-bond acceptors (Lipinski definition) is 7. The van der Waals surface area contributed by atoms with E-state index < -0.39 is 6.29 Å². The largest absolute Gasteiger partial charge is 0.370 e. The van der Waals surface area contributed by atoms with Crippen molar-refractivity contribution in [3.8, 4) is 0 Å². The molecular formula is C18H36N4O3P2. The molecule has 0 amide bonds. The van der Waals surface area contributed by atoms with E-state index in [2.05, 4.69) is 44.1 Å². The maximum absolute atomic E-state index is 7.62. The highest BCUT2D eigenvalue weighted by atomic mass is 31.0. The SMILES string of the molecule is CCC1O[C@@H](O[C@@H]2C(CC)O[C@@H](C)C(N=[PH]=N)[C@H]2C)C(N=[PH]=N)C(C)[C@@H]1C. The molecule has 0 radical (unpaired) electrons. The summed E-state index contributed by atoms with van der Waals surface area (Å²) < 4.78 is 28.1. The van der Waals surface area contributed by atoms with Crippen LogP contribution in [0.25, 0.3) is 0 Å². The van der Waals surface area contributed by atoms with Gasteiger partial charge >= 0.3 is 0 Å². The van der Waals surface area contributed by atoms with Gasteiger partial charge in [-0.25, -0.2) is 4.74 Å². The normalized spacial score (nSPS) is 45.7. The fourth-order valence-corrected chi connectivity index (χ4v) is 5.59. The van der Waals surface area contributed by atoms with Crippen LogP contribution in [0.1, 0.15) is 54.4 Å². The maximum atomic E-state index is 7.62. The van der Waals surface area contributed by atoms with Gasteiger partial charge in [-0.2, -0.15) is 0 Å². The van der Waals surface area contributed by atoms with Crippen molar-refractivity contribution in [3.63, 3.8) is 0 Å². The summed E-state index contributed by atoms with van der Waals surface area (Å²) in [5.74, 6) is 0.837. The fraction of sp³-hybridized carbons (Fsp3) is 1.00. The van der Waals surface area contributed by atoms with Crippen LogP contribution in [0.4, 0.5) is 0 Å². The second-order valence-corrected chi connectivity index (χ2v) is 8.84. The van der Waals surface area contributed by atoms with Crippen LogP contribution in [-0.2, 0) is 14.2 Å². The Bertz CT molecular complexity index is 597. The van der Waals surface area contributed by atoms with Crippen LogP contribution in [0.3, 0.4) is 0 Å². The highest BCUT2D eigenvalue weighted by Crippen LogP contribution is 2.39. The standard InChI is InChI=1S/C18H36N4O3P2/c1-7-13-9(3)10(4)16(22-27-20)18(24-13)25-17-11(5)15(21-26-19)12(6)23-14(17)8-2/h9-20,26-27H,7-8H2,1-6H3/t9-,10?,11+,12-,13?,14?,15?,16?,17-,18-/m0/s1. The molecule has 9 heteroatoms. The van der Waals surface area contributed by atoms with Crippen molar-refractivity contribution in [2.45, 2.75) is 97.2 Å². The fourth-order valence-electron chi connectivity index (χ4n) is 4.49. The van der Waals surface area contributed by atoms with E-state index in [1.54, 1.807) is 0 Å². The number of nitrogens with one attached hydrogen (secondary N) is 2. The first kappa shape index (κ1) is 23.0. The van der Waals surface area contributed by atoms with Gasteiger partial charge in [-0.15, -0.1) is 0 Å². The Morgan fingerprint density at radius 3 is 1.96 bits per heavy atom. The highest BCUT2D eigenvalue weighted by Gasteiger charge is 2.47. The topological polar surface area (TPSA) is 100 Å². The highest BCUT2D eigenvalue weighted by molar-refractivity contribution is 7.13. The van der Waals surface area contributed by atoms with E-state index in [9.17, 15) is 0 Å². The average molecular weight is 418 g/mol. The van der Waals surface area contributed by atoms with Crippen LogP contribution in [0, 0.1) is 28.1 Å². The second-order valence-electron chi connectivity index (χ2n) is 7.88. The Balaban J connectivity index is 2.28. The van der Waals surface area contributed by atoms with Crippen molar-refractivity contribution < 1.29 is 14.2 Å². The molecule has 2 aliphatic rings. The first-order valence-corrected chi connectivity index (χ1v) is 12.0. The molecule has 156 valence electrons. The van der Waals surface area contributed by atoms with Gasteiger partial charge in [0.1, 0.15) is 6.04 Å². The van der Waals surface area contributed by atoms with Crippen LogP contribution in [0.5, 0.6) is 0 Å². The molecule has 2 fully saturated rings. The summed E-state index contributed by atoms with van der Waals surface area (Å²) in [5, 5.41) is 15.1. The molecule has 0 bridgehead atoms. The second kappa shape index (κ2) is 10.5. The Morgan fingerprint density at radius 2 is 1.41 bits per heavy atom. The van der Waals surface area contributed by atoms with Gasteiger partial charge in [0.05, 0.1) is 30.5 Å². The number of rotatable bonds is 6. The minimum Gasteiger partial charge on any atom is -0.370 e. The van der Waals surface area contributed by atoms with Gasteiger partial charge in [0, 0.05) is 22.2 Å². The van der Waals surface area contributed by atoms with Crippen molar-refractivity contribution >= 4 is 16.3 Å². The van der Waals surface area contributed by atoms with Crippen molar-refractivity contribution in [1.29, 1.82) is 10.3 Å². The summed E-state index contributed by atoms with van der Waals surface area (Å²) in [5.41, 5.74) is 0. The number of nitrogens with zero attached hydrogens (tertiary/aromatic N) is 2. The molecule has 0 aromatic heterocycles. The summed E-state index contributed by atoms with van der Waals surface area (Å²) in [7, 11) is -0.424. The summed E-state index contributed by atoms with van der Waals surface area (Å²) in [6.45, 7) is 12.8. The molecule has 27 heavy (non-hydrogen) atoms. The average Bonchev–Trinajstić information content (AvgIpc) is 2.66. The van der Waals surface area contributed by atoms with E-state index >= 15 is 0 Å². The molecule has 2 N–H and O–H groups in total. The van der Waals surface area contributed by atoms with Crippen molar-refractivity contribution in [3.05, 3.63) is 0 Å². The van der Waals surface area contributed by atoms with Gasteiger partial charge < -0.3 is 14.2 Å². The minimum absolute atomic E-state index is 0.00697. The van der Waals surface area contributed by atoms with Crippen LogP contribution in [0.2, 0.25) is 0 Å². The lowest BCUT2D eigenvalue weighted by molar-refractivity contribution is -0.282. The van der Waals surface area contributed by atoms with E-state index in [-0.39, 0.29) is 58.7 Å². The first-order valence-electron chi connectivity index (χ1n) is 10.1. The van der Waals surface area contributed by atoms with E-state index in [0.29, 0.717) is 11.8 Å². The van der Waals surface area contributed by atoms with E-state index in [4.69, 9.17) is 24.5 Å². The molecule has 0 aromatic carbocycles. The van der Waals surface area contributed by atoms with Crippen LogP contribution < -0.4 is 0 Å². The molecule has 7 nitrogen and oxygen atoms in total. The third-order valence-corrected chi connectivity index (χ3v) is 7.21. The molecule has 2 aliphatic heterocycles. The maximum Gasteiger partial charge on any atom is 0.181 e. The van der Waals surface area contributed by atoms with Crippen molar-refractivity contribution in [2.24, 2.45) is 27.2 Å². The molecule has 0 saturated carbocycles. The summed E-state index contributed by atoms with van der Waals surface area (Å²) >= 11 is 0.